The Morgan fingerprint density at radius 3 is 2.90 bits per heavy atom. The van der Waals surface area contributed by atoms with Crippen LogP contribution in [-0.2, 0) is 11.2 Å². The molecule has 0 saturated heterocycles. The zero-order valence-corrected chi connectivity index (χ0v) is 13.2. The Balaban J connectivity index is 0.000000956. The summed E-state index contributed by atoms with van der Waals surface area (Å²) < 4.78 is 0. The predicted molar refractivity (Wildman–Crippen MR) is 83.7 cm³/mol. The van der Waals surface area contributed by atoms with Crippen molar-refractivity contribution in [1.82, 2.24) is 15.6 Å². The number of hydrogen-bond acceptors (Lipinski definition) is 5. The molecule has 1 aromatic rings. The maximum Gasteiger partial charge on any atom is 0.233 e. The van der Waals surface area contributed by atoms with E-state index in [9.17, 15) is 4.79 Å². The molecule has 1 heterocycles. The van der Waals surface area contributed by atoms with Crippen molar-refractivity contribution in [3.8, 4) is 0 Å². The van der Waals surface area contributed by atoms with E-state index in [-0.39, 0.29) is 11.9 Å². The highest BCUT2D eigenvalue weighted by Gasteiger charge is 2.21. The Morgan fingerprint density at radius 1 is 1.55 bits per heavy atom. The summed E-state index contributed by atoms with van der Waals surface area (Å²) in [5, 5.41) is 7.99. The fourth-order valence-corrected chi connectivity index (χ4v) is 2.26. The van der Waals surface area contributed by atoms with Crippen LogP contribution in [-0.4, -0.2) is 36.6 Å². The van der Waals surface area contributed by atoms with E-state index in [1.807, 2.05) is 19.2 Å². The monoisotopic (exact) mass is 298 g/mol. The SMILES string of the molecule is CC.N[C@H](CNCC(=O)NCC1CC1)Cc1cscn1. The van der Waals surface area contributed by atoms with Crippen LogP contribution in [0.5, 0.6) is 0 Å². The summed E-state index contributed by atoms with van der Waals surface area (Å²) in [6.07, 6.45) is 3.26. The molecule has 5 nitrogen and oxygen atoms in total. The molecule has 1 aliphatic carbocycles. The topological polar surface area (TPSA) is 80.0 Å². The van der Waals surface area contributed by atoms with Crippen LogP contribution in [0, 0.1) is 5.92 Å². The van der Waals surface area contributed by atoms with Crippen LogP contribution in [0.15, 0.2) is 10.9 Å². The lowest BCUT2D eigenvalue weighted by molar-refractivity contribution is -0.120. The maximum absolute atomic E-state index is 11.4. The maximum atomic E-state index is 11.4. The minimum atomic E-state index is 0.00309. The molecule has 0 aromatic carbocycles. The van der Waals surface area contributed by atoms with E-state index in [0.717, 1.165) is 24.6 Å². The fourth-order valence-electron chi connectivity index (χ4n) is 1.69. The lowest BCUT2D eigenvalue weighted by Crippen LogP contribution is -2.41. The van der Waals surface area contributed by atoms with Crippen LogP contribution < -0.4 is 16.4 Å². The second-order valence-electron chi connectivity index (χ2n) is 4.82. The number of nitrogens with zero attached hydrogens (tertiary/aromatic N) is 1. The van der Waals surface area contributed by atoms with Crippen LogP contribution in [0.2, 0.25) is 0 Å². The van der Waals surface area contributed by atoms with Crippen molar-refractivity contribution >= 4 is 17.2 Å². The van der Waals surface area contributed by atoms with Crippen LogP contribution in [0.25, 0.3) is 0 Å². The lowest BCUT2D eigenvalue weighted by atomic mass is 10.2. The molecule has 1 atom stereocenters. The quantitative estimate of drug-likeness (QED) is 0.673. The van der Waals surface area contributed by atoms with Crippen molar-refractivity contribution in [2.45, 2.75) is 39.2 Å². The molecule has 1 amide bonds. The number of aromatic nitrogens is 1. The number of amides is 1. The summed E-state index contributed by atoms with van der Waals surface area (Å²) in [7, 11) is 0. The van der Waals surface area contributed by atoms with Crippen LogP contribution in [0.4, 0.5) is 0 Å². The Bertz CT molecular complexity index is 365. The van der Waals surface area contributed by atoms with E-state index in [1.54, 1.807) is 16.8 Å². The number of hydrogen-bond donors (Lipinski definition) is 3. The fraction of sp³-hybridized carbons (Fsp3) is 0.714. The van der Waals surface area contributed by atoms with Gasteiger partial charge in [0.2, 0.25) is 5.91 Å². The second kappa shape index (κ2) is 9.85. The smallest absolute Gasteiger partial charge is 0.233 e. The second-order valence-corrected chi connectivity index (χ2v) is 5.54. The third kappa shape index (κ3) is 7.57. The molecule has 6 heteroatoms. The minimum Gasteiger partial charge on any atom is -0.355 e. The van der Waals surface area contributed by atoms with Gasteiger partial charge in [0.05, 0.1) is 17.7 Å². The Labute approximate surface area is 125 Å². The van der Waals surface area contributed by atoms with E-state index in [1.165, 1.54) is 12.8 Å². The molecule has 4 N–H and O–H groups in total. The average molecular weight is 298 g/mol. The number of nitrogens with two attached hydrogens (primary N) is 1. The molecule has 114 valence electrons. The summed E-state index contributed by atoms with van der Waals surface area (Å²) >= 11 is 1.57. The molecule has 1 aliphatic rings. The summed E-state index contributed by atoms with van der Waals surface area (Å²) in [6.45, 7) is 5.80. The van der Waals surface area contributed by atoms with E-state index in [2.05, 4.69) is 15.6 Å². The van der Waals surface area contributed by atoms with E-state index < -0.39 is 0 Å². The van der Waals surface area contributed by atoms with Gasteiger partial charge in [0, 0.05) is 30.9 Å². The third-order valence-electron chi connectivity index (χ3n) is 2.93. The van der Waals surface area contributed by atoms with Gasteiger partial charge in [-0.25, -0.2) is 4.98 Å². The first-order valence-electron chi connectivity index (χ1n) is 7.34. The normalized spacial score (nSPS) is 15.2. The number of rotatable bonds is 8. The zero-order valence-electron chi connectivity index (χ0n) is 12.4. The predicted octanol–water partition coefficient (Wildman–Crippen LogP) is 1.15. The van der Waals surface area contributed by atoms with Crippen molar-refractivity contribution < 1.29 is 4.79 Å². The molecule has 0 unspecified atom stereocenters. The molecule has 0 spiro atoms. The summed E-state index contributed by atoms with van der Waals surface area (Å²) in [5.41, 5.74) is 8.78. The summed E-state index contributed by atoms with van der Waals surface area (Å²) in [4.78, 5) is 15.6. The molecular weight excluding hydrogens is 272 g/mol. The van der Waals surface area contributed by atoms with Gasteiger partial charge < -0.3 is 16.4 Å². The number of thiazole rings is 1. The molecule has 0 radical (unpaired) electrons. The molecule has 0 aliphatic heterocycles. The molecule has 0 bridgehead atoms. The van der Waals surface area contributed by atoms with Crippen molar-refractivity contribution in [2.24, 2.45) is 11.7 Å². The molecule has 1 saturated carbocycles. The van der Waals surface area contributed by atoms with Crippen molar-refractivity contribution in [1.29, 1.82) is 0 Å². The zero-order chi connectivity index (χ0) is 14.8. The van der Waals surface area contributed by atoms with Gasteiger partial charge in [0.1, 0.15) is 0 Å². The average Bonchev–Trinajstić information content (AvgIpc) is 3.15. The molecule has 1 fully saturated rings. The largest absolute Gasteiger partial charge is 0.355 e. The Kier molecular flexibility index (Phi) is 8.41. The first-order valence-corrected chi connectivity index (χ1v) is 8.28. The molecule has 1 aromatic heterocycles. The van der Waals surface area contributed by atoms with Gasteiger partial charge in [-0.05, 0) is 18.8 Å². The Hall–Kier alpha value is -0.980. The number of carbonyl (C=O) groups is 1. The van der Waals surface area contributed by atoms with Crippen LogP contribution in [0.3, 0.4) is 0 Å². The first-order chi connectivity index (χ1) is 9.74. The molecule has 2 rings (SSSR count). The molecule has 20 heavy (non-hydrogen) atoms. The highest BCUT2D eigenvalue weighted by molar-refractivity contribution is 7.07. The lowest BCUT2D eigenvalue weighted by Gasteiger charge is -2.11. The van der Waals surface area contributed by atoms with Crippen molar-refractivity contribution in [2.75, 3.05) is 19.6 Å². The standard InChI is InChI=1S/C12H20N4OS.C2H6/c13-10(3-11-7-18-8-16-11)5-14-6-12(17)15-4-9-1-2-9;1-2/h7-10,14H,1-6,13H2,(H,15,17);1-2H3/t10-;/m0./s1. The van der Waals surface area contributed by atoms with E-state index in [4.69, 9.17) is 5.73 Å². The van der Waals surface area contributed by atoms with E-state index >= 15 is 0 Å². The first kappa shape index (κ1) is 17.1. The van der Waals surface area contributed by atoms with Gasteiger partial charge in [0.25, 0.3) is 0 Å². The van der Waals surface area contributed by atoms with Crippen molar-refractivity contribution in [3.05, 3.63) is 16.6 Å². The van der Waals surface area contributed by atoms with Gasteiger partial charge in [-0.15, -0.1) is 11.3 Å². The minimum absolute atomic E-state index is 0.00309. The van der Waals surface area contributed by atoms with Gasteiger partial charge in [-0.1, -0.05) is 13.8 Å². The van der Waals surface area contributed by atoms with Crippen LogP contribution >= 0.6 is 11.3 Å². The van der Waals surface area contributed by atoms with Crippen LogP contribution in [0.1, 0.15) is 32.4 Å². The molecular formula is C14H26N4OS. The van der Waals surface area contributed by atoms with Gasteiger partial charge in [-0.2, -0.15) is 0 Å². The third-order valence-corrected chi connectivity index (χ3v) is 3.57. The number of nitrogens with one attached hydrogen (secondary N) is 2. The van der Waals surface area contributed by atoms with Gasteiger partial charge >= 0.3 is 0 Å². The van der Waals surface area contributed by atoms with Crippen molar-refractivity contribution in [3.63, 3.8) is 0 Å². The summed E-state index contributed by atoms with van der Waals surface area (Å²) in [6, 6.07) is 0.00309. The van der Waals surface area contributed by atoms with Gasteiger partial charge in [-0.3, -0.25) is 4.79 Å². The Morgan fingerprint density at radius 2 is 2.30 bits per heavy atom. The highest BCUT2D eigenvalue weighted by Crippen LogP contribution is 2.27. The van der Waals surface area contributed by atoms with Gasteiger partial charge in [0.15, 0.2) is 0 Å². The highest BCUT2D eigenvalue weighted by atomic mass is 32.1. The summed E-state index contributed by atoms with van der Waals surface area (Å²) in [5.74, 6) is 0.781. The number of carbonyl (C=O) groups excluding carboxylic acids is 1. The van der Waals surface area contributed by atoms with E-state index in [0.29, 0.717) is 13.1 Å².